The number of anilines is 1. The Morgan fingerprint density at radius 1 is 1.12 bits per heavy atom. The molecule has 0 radical (unpaired) electrons. The maximum atomic E-state index is 9.66. The highest BCUT2D eigenvalue weighted by Gasteiger charge is 2.31. The largest absolute Gasteiger partial charge is 0.440 e. The zero-order chi connectivity index (χ0) is 17.4. The third-order valence-electron chi connectivity index (χ3n) is 5.17. The minimum Gasteiger partial charge on any atom is -0.440 e. The molecule has 4 rings (SSSR count). The van der Waals surface area contributed by atoms with Gasteiger partial charge in [0.2, 0.25) is 5.88 Å². The van der Waals surface area contributed by atoms with Crippen LogP contribution in [0.2, 0.25) is 0 Å². The lowest BCUT2D eigenvalue weighted by Crippen LogP contribution is -2.23. The summed E-state index contributed by atoms with van der Waals surface area (Å²) in [4.78, 5) is 2.37. The molecule has 4 nitrogen and oxygen atoms in total. The number of rotatable bonds is 2. The van der Waals surface area contributed by atoms with Crippen molar-refractivity contribution in [3.8, 4) is 11.8 Å². The average Bonchev–Trinajstić information content (AvgIpc) is 3.15. The second-order valence-electron chi connectivity index (χ2n) is 6.70. The van der Waals surface area contributed by atoms with Gasteiger partial charge in [0.25, 0.3) is 0 Å². The molecule has 0 spiro atoms. The molecule has 1 atom stereocenters. The van der Waals surface area contributed by atoms with E-state index in [0.717, 1.165) is 41.2 Å². The van der Waals surface area contributed by atoms with Crippen molar-refractivity contribution >= 4 is 5.69 Å². The van der Waals surface area contributed by atoms with E-state index in [9.17, 15) is 5.26 Å². The summed E-state index contributed by atoms with van der Waals surface area (Å²) in [6.45, 7) is 4.22. The molecule has 1 saturated heterocycles. The Kier molecular flexibility index (Phi) is 3.85. The number of ether oxygens (including phenoxy) is 1. The summed E-state index contributed by atoms with van der Waals surface area (Å²) in [6.07, 6.45) is 2.45. The van der Waals surface area contributed by atoms with Crippen LogP contribution in [-0.2, 0) is 0 Å². The highest BCUT2D eigenvalue weighted by Crippen LogP contribution is 2.44. The molecule has 2 N–H and O–H groups in total. The SMILES string of the molecule is Cc1ccccc1C1C(C#N)=C(N)Oc2cc(N3CCCC3)ccc21. The van der Waals surface area contributed by atoms with Gasteiger partial charge in [-0.1, -0.05) is 30.3 Å². The topological polar surface area (TPSA) is 62.3 Å². The van der Waals surface area contributed by atoms with Crippen LogP contribution in [0.5, 0.6) is 5.75 Å². The van der Waals surface area contributed by atoms with Crippen LogP contribution < -0.4 is 15.4 Å². The molecular formula is C21H21N3O. The summed E-state index contributed by atoms with van der Waals surface area (Å²) in [7, 11) is 0. The zero-order valence-electron chi connectivity index (χ0n) is 14.3. The smallest absolute Gasteiger partial charge is 0.205 e. The number of benzene rings is 2. The minimum atomic E-state index is -0.178. The van der Waals surface area contributed by atoms with E-state index >= 15 is 0 Å². The van der Waals surface area contributed by atoms with Gasteiger partial charge in [-0.25, -0.2) is 0 Å². The maximum absolute atomic E-state index is 9.66. The van der Waals surface area contributed by atoms with Gasteiger partial charge in [0.15, 0.2) is 0 Å². The average molecular weight is 331 g/mol. The third kappa shape index (κ3) is 2.62. The van der Waals surface area contributed by atoms with Crippen molar-refractivity contribution < 1.29 is 4.74 Å². The molecule has 2 aromatic carbocycles. The number of nitrogens with zero attached hydrogens (tertiary/aromatic N) is 2. The molecule has 0 amide bonds. The van der Waals surface area contributed by atoms with E-state index in [1.807, 2.05) is 12.1 Å². The van der Waals surface area contributed by atoms with Gasteiger partial charge in [0, 0.05) is 30.4 Å². The molecular weight excluding hydrogens is 310 g/mol. The van der Waals surface area contributed by atoms with Gasteiger partial charge >= 0.3 is 0 Å². The summed E-state index contributed by atoms with van der Waals surface area (Å²) in [5.74, 6) is 0.790. The van der Waals surface area contributed by atoms with E-state index in [0.29, 0.717) is 5.57 Å². The second kappa shape index (κ2) is 6.18. The maximum Gasteiger partial charge on any atom is 0.205 e. The lowest BCUT2D eigenvalue weighted by Gasteiger charge is -2.29. The third-order valence-corrected chi connectivity index (χ3v) is 5.17. The molecule has 2 heterocycles. The molecule has 0 aromatic heterocycles. The van der Waals surface area contributed by atoms with E-state index in [4.69, 9.17) is 10.5 Å². The zero-order valence-corrected chi connectivity index (χ0v) is 14.3. The van der Waals surface area contributed by atoms with Gasteiger partial charge in [0.1, 0.15) is 17.4 Å². The summed E-state index contributed by atoms with van der Waals surface area (Å²) < 4.78 is 5.84. The lowest BCUT2D eigenvalue weighted by atomic mass is 9.81. The van der Waals surface area contributed by atoms with Crippen molar-refractivity contribution in [3.63, 3.8) is 0 Å². The standard InChI is InChI=1S/C21H21N3O/c1-14-6-2-3-7-16(14)20-17-9-8-15(24-10-4-5-11-24)12-19(17)25-21(23)18(20)13-22/h2-3,6-9,12,20H,4-5,10-11,23H2,1H3. The molecule has 2 aliphatic heterocycles. The predicted molar refractivity (Wildman–Crippen MR) is 98.4 cm³/mol. The van der Waals surface area contributed by atoms with Crippen molar-refractivity contribution in [1.82, 2.24) is 0 Å². The fourth-order valence-electron chi connectivity index (χ4n) is 3.85. The van der Waals surface area contributed by atoms with E-state index in [1.54, 1.807) is 0 Å². The first-order valence-corrected chi connectivity index (χ1v) is 8.71. The van der Waals surface area contributed by atoms with Crippen LogP contribution in [0.1, 0.15) is 35.4 Å². The predicted octanol–water partition coefficient (Wildman–Crippen LogP) is 3.81. The first-order valence-electron chi connectivity index (χ1n) is 8.71. The Morgan fingerprint density at radius 3 is 2.60 bits per heavy atom. The molecule has 0 saturated carbocycles. The van der Waals surface area contributed by atoms with Gasteiger partial charge in [-0.3, -0.25) is 0 Å². The number of allylic oxidation sites excluding steroid dienone is 1. The van der Waals surface area contributed by atoms with Gasteiger partial charge < -0.3 is 15.4 Å². The van der Waals surface area contributed by atoms with Crippen molar-refractivity contribution in [2.45, 2.75) is 25.7 Å². The van der Waals surface area contributed by atoms with Gasteiger partial charge in [0.05, 0.1) is 5.92 Å². The number of aryl methyl sites for hydroxylation is 1. The van der Waals surface area contributed by atoms with Crippen LogP contribution >= 0.6 is 0 Å². The minimum absolute atomic E-state index is 0.178. The highest BCUT2D eigenvalue weighted by molar-refractivity contribution is 5.62. The van der Waals surface area contributed by atoms with E-state index in [1.165, 1.54) is 12.8 Å². The second-order valence-corrected chi connectivity index (χ2v) is 6.70. The van der Waals surface area contributed by atoms with Crippen LogP contribution in [-0.4, -0.2) is 13.1 Å². The fourth-order valence-corrected chi connectivity index (χ4v) is 3.85. The van der Waals surface area contributed by atoms with Crippen molar-refractivity contribution in [1.29, 1.82) is 5.26 Å². The number of hydrogen-bond donors (Lipinski definition) is 1. The Hall–Kier alpha value is -2.93. The number of hydrogen-bond acceptors (Lipinski definition) is 4. The Labute approximate surface area is 148 Å². The van der Waals surface area contributed by atoms with Crippen LogP contribution in [0.3, 0.4) is 0 Å². The number of nitriles is 1. The highest BCUT2D eigenvalue weighted by atomic mass is 16.5. The van der Waals surface area contributed by atoms with E-state index in [-0.39, 0.29) is 11.8 Å². The molecule has 0 bridgehead atoms. The summed E-state index contributed by atoms with van der Waals surface area (Å²) in [5.41, 5.74) is 11.0. The molecule has 25 heavy (non-hydrogen) atoms. The van der Waals surface area contributed by atoms with E-state index in [2.05, 4.69) is 48.2 Å². The van der Waals surface area contributed by atoms with Crippen LogP contribution in [0.25, 0.3) is 0 Å². The lowest BCUT2D eigenvalue weighted by molar-refractivity contribution is 0.393. The monoisotopic (exact) mass is 331 g/mol. The van der Waals surface area contributed by atoms with Crippen molar-refractivity contribution in [3.05, 3.63) is 70.6 Å². The van der Waals surface area contributed by atoms with E-state index < -0.39 is 0 Å². The van der Waals surface area contributed by atoms with Crippen LogP contribution in [0.15, 0.2) is 53.9 Å². The molecule has 2 aromatic rings. The summed E-state index contributed by atoms with van der Waals surface area (Å²) in [5, 5.41) is 9.66. The molecule has 2 aliphatic rings. The Bertz CT molecular complexity index is 888. The van der Waals surface area contributed by atoms with Gasteiger partial charge in [-0.05, 0) is 37.0 Å². The molecule has 1 fully saturated rings. The summed E-state index contributed by atoms with van der Waals surface area (Å²) >= 11 is 0. The van der Waals surface area contributed by atoms with Crippen molar-refractivity contribution in [2.24, 2.45) is 5.73 Å². The molecule has 1 unspecified atom stereocenters. The number of fused-ring (bicyclic) bond motifs is 1. The van der Waals surface area contributed by atoms with Crippen LogP contribution in [0, 0.1) is 18.3 Å². The molecule has 126 valence electrons. The normalized spacial score (nSPS) is 19.4. The van der Waals surface area contributed by atoms with Gasteiger partial charge in [-0.15, -0.1) is 0 Å². The Morgan fingerprint density at radius 2 is 1.88 bits per heavy atom. The molecule has 0 aliphatic carbocycles. The van der Waals surface area contributed by atoms with Crippen LogP contribution in [0.4, 0.5) is 5.69 Å². The quantitative estimate of drug-likeness (QED) is 0.909. The first-order chi connectivity index (χ1) is 12.2. The first kappa shape index (κ1) is 15.6. The Balaban J connectivity index is 1.84. The van der Waals surface area contributed by atoms with Crippen molar-refractivity contribution in [2.75, 3.05) is 18.0 Å². The number of nitrogens with two attached hydrogens (primary N) is 1. The fraction of sp³-hybridized carbons (Fsp3) is 0.286. The molecule has 4 heteroatoms. The van der Waals surface area contributed by atoms with Gasteiger partial charge in [-0.2, -0.15) is 5.26 Å². The summed E-state index contributed by atoms with van der Waals surface area (Å²) in [6, 6.07) is 16.7.